The average molecular weight is 416 g/mol. The molecular formula is C19H33NO5SSi. The van der Waals surface area contributed by atoms with Crippen LogP contribution in [0.1, 0.15) is 48.5 Å². The van der Waals surface area contributed by atoms with Crippen LogP contribution in [-0.4, -0.2) is 52.7 Å². The minimum absolute atomic E-state index is 0.0122. The van der Waals surface area contributed by atoms with Gasteiger partial charge in [0.05, 0.1) is 23.5 Å². The van der Waals surface area contributed by atoms with Crippen LogP contribution in [0.15, 0.2) is 10.6 Å². The fourth-order valence-corrected chi connectivity index (χ4v) is 6.83. The van der Waals surface area contributed by atoms with Gasteiger partial charge in [0.1, 0.15) is 5.75 Å². The minimum atomic E-state index is -2.08. The highest BCUT2D eigenvalue weighted by molar-refractivity contribution is 7.95. The Morgan fingerprint density at radius 3 is 2.33 bits per heavy atom. The number of carbonyl (C=O) groups excluding carboxylic acids is 1. The molecule has 1 saturated heterocycles. The maximum Gasteiger partial charge on any atom is 0.357 e. The van der Waals surface area contributed by atoms with E-state index >= 15 is 0 Å². The molecule has 2 aliphatic heterocycles. The smallest absolute Gasteiger partial charge is 0.357 e. The summed E-state index contributed by atoms with van der Waals surface area (Å²) in [4.78, 5) is 26.5. The molecule has 0 radical (unpaired) electrons. The summed E-state index contributed by atoms with van der Waals surface area (Å²) < 4.78 is 19.1. The normalized spacial score (nSPS) is 27.3. The van der Waals surface area contributed by atoms with E-state index in [1.807, 2.05) is 20.8 Å². The third-order valence-corrected chi connectivity index (χ3v) is 12.7. The number of carboxylic acids is 1. The van der Waals surface area contributed by atoms with Gasteiger partial charge < -0.3 is 14.1 Å². The highest BCUT2D eigenvalue weighted by atomic mass is 32.2. The highest BCUT2D eigenvalue weighted by Crippen LogP contribution is 2.56. The molecule has 6 nitrogen and oxygen atoms in total. The molecule has 0 aromatic rings. The molecule has 1 fully saturated rings. The zero-order valence-electron chi connectivity index (χ0n) is 17.9. The molecule has 0 saturated carbocycles. The number of amides is 1. The lowest BCUT2D eigenvalue weighted by Crippen LogP contribution is -2.67. The van der Waals surface area contributed by atoms with Gasteiger partial charge in [-0.05, 0) is 57.0 Å². The van der Waals surface area contributed by atoms with Crippen LogP contribution >= 0.6 is 0 Å². The van der Waals surface area contributed by atoms with E-state index in [0.717, 1.165) is 0 Å². The third-order valence-electron chi connectivity index (χ3n) is 6.41. The Hall–Kier alpha value is -0.833. The zero-order chi connectivity index (χ0) is 21.1. The molecule has 1 unspecified atom stereocenters. The highest BCUT2D eigenvalue weighted by Gasteiger charge is 2.68. The van der Waals surface area contributed by atoms with Crippen LogP contribution in [0.5, 0.6) is 0 Å². The first-order valence-electron chi connectivity index (χ1n) is 9.47. The Morgan fingerprint density at radius 1 is 1.41 bits per heavy atom. The predicted octanol–water partition coefficient (Wildman–Crippen LogP) is 3.33. The van der Waals surface area contributed by atoms with Gasteiger partial charge in [-0.1, -0.05) is 20.8 Å². The molecule has 2 heterocycles. The van der Waals surface area contributed by atoms with Crippen molar-refractivity contribution in [1.29, 1.82) is 0 Å². The van der Waals surface area contributed by atoms with Crippen LogP contribution in [-0.2, 0) is 25.2 Å². The van der Waals surface area contributed by atoms with Crippen molar-refractivity contribution in [1.82, 2.24) is 4.90 Å². The van der Waals surface area contributed by atoms with E-state index in [0.29, 0.717) is 10.7 Å². The van der Waals surface area contributed by atoms with Gasteiger partial charge in [0, 0.05) is 0 Å². The minimum Gasteiger partial charge on any atom is -0.612 e. The second-order valence-electron chi connectivity index (χ2n) is 9.60. The van der Waals surface area contributed by atoms with E-state index in [1.165, 1.54) is 4.90 Å². The Balaban J connectivity index is 2.39. The summed E-state index contributed by atoms with van der Waals surface area (Å²) in [5.41, 5.74) is -0.760. The van der Waals surface area contributed by atoms with Gasteiger partial charge in [0.25, 0.3) is 0 Å². The van der Waals surface area contributed by atoms with Gasteiger partial charge in [0.15, 0.2) is 18.9 Å². The summed E-state index contributed by atoms with van der Waals surface area (Å²) in [7, 11) is -2.08. The lowest BCUT2D eigenvalue weighted by Gasteiger charge is -2.51. The molecule has 1 N–H and O–H groups in total. The van der Waals surface area contributed by atoms with Crippen molar-refractivity contribution in [2.24, 2.45) is 11.3 Å². The second kappa shape index (κ2) is 6.90. The van der Waals surface area contributed by atoms with Crippen molar-refractivity contribution in [2.45, 2.75) is 78.7 Å². The van der Waals surface area contributed by atoms with Gasteiger partial charge in [-0.25, -0.2) is 4.79 Å². The molecule has 8 heteroatoms. The molecule has 154 valence electrons. The fraction of sp³-hybridized carbons (Fsp3) is 0.789. The fourth-order valence-electron chi connectivity index (χ4n) is 4.00. The Labute approximate surface area is 166 Å². The molecule has 2 aliphatic rings. The number of nitrogens with zero attached hydrogens (tertiary/aromatic N) is 1. The number of carboxylic acid groups (broad SMARTS) is 1. The van der Waals surface area contributed by atoms with Crippen molar-refractivity contribution in [3.63, 3.8) is 0 Å². The first kappa shape index (κ1) is 22.5. The van der Waals surface area contributed by atoms with Crippen molar-refractivity contribution in [3.05, 3.63) is 10.6 Å². The molecule has 27 heavy (non-hydrogen) atoms. The van der Waals surface area contributed by atoms with Crippen LogP contribution in [0, 0.1) is 11.3 Å². The van der Waals surface area contributed by atoms with E-state index in [-0.39, 0.29) is 28.8 Å². The summed E-state index contributed by atoms with van der Waals surface area (Å²) in [5.74, 6) is -1.52. The summed E-state index contributed by atoms with van der Waals surface area (Å²) in [6.45, 7) is 18.2. The monoisotopic (exact) mass is 415 g/mol. The molecule has 2 rings (SSSR count). The van der Waals surface area contributed by atoms with Crippen molar-refractivity contribution in [2.75, 3.05) is 5.75 Å². The lowest BCUT2D eigenvalue weighted by atomic mass is 9.71. The van der Waals surface area contributed by atoms with E-state index in [1.54, 1.807) is 6.92 Å². The lowest BCUT2D eigenvalue weighted by molar-refractivity contribution is -0.165. The predicted molar refractivity (Wildman–Crippen MR) is 109 cm³/mol. The van der Waals surface area contributed by atoms with E-state index < -0.39 is 36.8 Å². The number of rotatable bonds is 6. The van der Waals surface area contributed by atoms with Crippen LogP contribution < -0.4 is 0 Å². The summed E-state index contributed by atoms with van der Waals surface area (Å²) in [6.07, 6.45) is -0.316. The summed E-state index contributed by atoms with van der Waals surface area (Å²) in [6, 6.07) is -0.332. The molecule has 0 aromatic carbocycles. The number of fused-ring (bicyclic) bond motifs is 1. The topological polar surface area (TPSA) is 89.9 Å². The maximum absolute atomic E-state index is 12.9. The van der Waals surface area contributed by atoms with Gasteiger partial charge in [0.2, 0.25) is 5.91 Å². The van der Waals surface area contributed by atoms with Crippen molar-refractivity contribution in [3.8, 4) is 0 Å². The largest absolute Gasteiger partial charge is 0.612 e. The quantitative estimate of drug-likeness (QED) is 0.408. The molecule has 0 bridgehead atoms. The number of β-lactam (4-membered cyclic amide) rings is 1. The molecule has 0 aromatic heterocycles. The first-order chi connectivity index (χ1) is 12.1. The average Bonchev–Trinajstić information content (AvgIpc) is 2.69. The zero-order valence-corrected chi connectivity index (χ0v) is 19.7. The van der Waals surface area contributed by atoms with Crippen LogP contribution in [0.3, 0.4) is 0 Å². The van der Waals surface area contributed by atoms with E-state index in [4.69, 9.17) is 4.43 Å². The van der Waals surface area contributed by atoms with E-state index in [2.05, 4.69) is 33.9 Å². The molecule has 0 aliphatic carbocycles. The van der Waals surface area contributed by atoms with Gasteiger partial charge in [-0.15, -0.1) is 0 Å². The molecular weight excluding hydrogens is 382 g/mol. The number of aliphatic carboxylic acids is 1. The summed E-state index contributed by atoms with van der Waals surface area (Å²) in [5, 5.41) is 9.72. The number of hydrogen-bond acceptors (Lipinski definition) is 4. The standard InChI is InChI=1S/C19H33NO5SSi/c1-10-26(24)15-13(17(22)23)20-14(19(15,6)7)12(16(20)21)11(2)25-27(8,9)18(3,4)5/h11-12,14H,10H2,1-9H3,(H,22,23)/t11-,12-,14+,26?/m1/s1. The molecule has 0 spiro atoms. The van der Waals surface area contributed by atoms with E-state index in [9.17, 15) is 19.2 Å². The van der Waals surface area contributed by atoms with Crippen molar-refractivity contribution < 1.29 is 23.7 Å². The third kappa shape index (κ3) is 3.39. The summed E-state index contributed by atoms with van der Waals surface area (Å²) >= 11 is -1.43. The van der Waals surface area contributed by atoms with Gasteiger partial charge >= 0.3 is 5.97 Å². The Bertz CT molecular complexity index is 682. The van der Waals surface area contributed by atoms with Crippen LogP contribution in [0.25, 0.3) is 0 Å². The molecule has 4 atom stereocenters. The van der Waals surface area contributed by atoms with Crippen LogP contribution in [0.4, 0.5) is 0 Å². The number of hydrogen-bond donors (Lipinski definition) is 1. The van der Waals surface area contributed by atoms with Gasteiger partial charge in [-0.3, -0.25) is 9.69 Å². The van der Waals surface area contributed by atoms with Crippen molar-refractivity contribution >= 4 is 31.4 Å². The Kier molecular flexibility index (Phi) is 5.74. The first-order valence-corrected chi connectivity index (χ1v) is 13.7. The maximum atomic E-state index is 12.9. The number of carbonyl (C=O) groups is 2. The second-order valence-corrected chi connectivity index (χ2v) is 16.0. The van der Waals surface area contributed by atoms with Crippen LogP contribution in [0.2, 0.25) is 18.1 Å². The Morgan fingerprint density at radius 2 is 1.93 bits per heavy atom. The molecule has 1 amide bonds. The van der Waals surface area contributed by atoms with Gasteiger partial charge in [-0.2, -0.15) is 0 Å². The SMILES string of the molecule is CC[S+]([O-])C1=C(C(=O)O)N2C(=O)[C@H]([C@@H](C)O[Si](C)(C)C(C)(C)C)[C@H]2C1(C)C.